The van der Waals surface area contributed by atoms with Crippen molar-refractivity contribution in [2.45, 2.75) is 16.7 Å². The maximum atomic E-state index is 12.3. The number of likely N-dealkylation sites (tertiary alicyclic amines) is 1. The van der Waals surface area contributed by atoms with Crippen LogP contribution in [-0.2, 0) is 20.8 Å². The van der Waals surface area contributed by atoms with E-state index in [1.807, 2.05) is 30.3 Å². The first-order valence-electron chi connectivity index (χ1n) is 6.01. The number of aliphatic hydroxyl groups is 1. The number of alkyl halides is 1. The second kappa shape index (κ2) is 4.56. The zero-order chi connectivity index (χ0) is 13.5. The van der Waals surface area contributed by atoms with Gasteiger partial charge in [-0.05, 0) is 5.56 Å². The Kier molecular flexibility index (Phi) is 3.13. The van der Waals surface area contributed by atoms with E-state index in [2.05, 4.69) is 15.9 Å². The highest BCUT2D eigenvalue weighted by Gasteiger charge is 2.65. The molecule has 102 valence electrons. The minimum atomic E-state index is -1.83. The minimum Gasteiger partial charge on any atom is -0.357 e. The number of amides is 1. The minimum absolute atomic E-state index is 0.0746. The van der Waals surface area contributed by atoms with Gasteiger partial charge in [0.1, 0.15) is 4.32 Å². The number of rotatable bonds is 2. The Morgan fingerprint density at radius 1 is 1.37 bits per heavy atom. The lowest BCUT2D eigenvalue weighted by atomic mass is 10.0. The first kappa shape index (κ1) is 13.1. The third-order valence-electron chi connectivity index (χ3n) is 3.52. The second-order valence-corrected chi connectivity index (χ2v) is 6.38. The molecule has 2 heterocycles. The summed E-state index contributed by atoms with van der Waals surface area (Å²) < 4.78 is 9.46. The summed E-state index contributed by atoms with van der Waals surface area (Å²) in [4.78, 5) is 13.9. The molecule has 1 amide bonds. The quantitative estimate of drug-likeness (QED) is 0.818. The molecule has 2 aliphatic rings. The number of hydrogen-bond acceptors (Lipinski definition) is 4. The van der Waals surface area contributed by atoms with Gasteiger partial charge in [0.05, 0.1) is 6.61 Å². The molecule has 0 bridgehead atoms. The molecular weight excluding hydrogens is 314 g/mol. The van der Waals surface area contributed by atoms with Crippen LogP contribution in [0.15, 0.2) is 30.3 Å². The standard InChI is InChI=1S/C13H14BrNO4/c14-12-7-15(6-10-4-2-1-3-5-10)11(16)13(12,17)19-9-18-8-12/h1-5,17H,6-9H2/t12-,13+/m1/s1. The number of nitrogens with zero attached hydrogens (tertiary/aromatic N) is 1. The van der Waals surface area contributed by atoms with Crippen molar-refractivity contribution in [2.75, 3.05) is 19.9 Å². The zero-order valence-electron chi connectivity index (χ0n) is 10.2. The third kappa shape index (κ3) is 1.99. The fourth-order valence-corrected chi connectivity index (χ4v) is 3.23. The van der Waals surface area contributed by atoms with E-state index in [4.69, 9.17) is 9.47 Å². The summed E-state index contributed by atoms with van der Waals surface area (Å²) in [6.07, 6.45) is 0. The van der Waals surface area contributed by atoms with Crippen LogP contribution in [0.25, 0.3) is 0 Å². The topological polar surface area (TPSA) is 59.0 Å². The van der Waals surface area contributed by atoms with Gasteiger partial charge in [-0.1, -0.05) is 46.3 Å². The first-order valence-corrected chi connectivity index (χ1v) is 6.81. The molecule has 0 saturated carbocycles. The van der Waals surface area contributed by atoms with Crippen molar-refractivity contribution in [1.82, 2.24) is 4.90 Å². The van der Waals surface area contributed by atoms with Gasteiger partial charge in [-0.2, -0.15) is 0 Å². The van der Waals surface area contributed by atoms with Gasteiger partial charge >= 0.3 is 0 Å². The Balaban J connectivity index is 1.84. The number of carbonyl (C=O) groups excluding carboxylic acids is 1. The molecule has 0 unspecified atom stereocenters. The van der Waals surface area contributed by atoms with E-state index in [-0.39, 0.29) is 13.4 Å². The highest BCUT2D eigenvalue weighted by molar-refractivity contribution is 9.10. The van der Waals surface area contributed by atoms with Crippen LogP contribution < -0.4 is 0 Å². The molecule has 0 aromatic heterocycles. The van der Waals surface area contributed by atoms with E-state index in [9.17, 15) is 9.90 Å². The maximum absolute atomic E-state index is 12.3. The Morgan fingerprint density at radius 2 is 2.11 bits per heavy atom. The summed E-state index contributed by atoms with van der Waals surface area (Å²) in [6, 6.07) is 9.64. The second-order valence-electron chi connectivity index (χ2n) is 4.87. The molecule has 1 aromatic rings. The smallest absolute Gasteiger partial charge is 0.284 e. The molecule has 3 rings (SSSR count). The fourth-order valence-electron chi connectivity index (χ4n) is 2.48. The maximum Gasteiger partial charge on any atom is 0.284 e. The van der Waals surface area contributed by atoms with Crippen molar-refractivity contribution in [1.29, 1.82) is 0 Å². The molecule has 2 atom stereocenters. The summed E-state index contributed by atoms with van der Waals surface area (Å²) in [6.45, 7) is 0.950. The van der Waals surface area contributed by atoms with Crippen LogP contribution in [0.2, 0.25) is 0 Å². The molecule has 2 aliphatic heterocycles. The number of benzene rings is 1. The average molecular weight is 328 g/mol. The predicted octanol–water partition coefficient (Wildman–Crippen LogP) is 0.855. The van der Waals surface area contributed by atoms with Crippen molar-refractivity contribution in [3.63, 3.8) is 0 Å². The van der Waals surface area contributed by atoms with Crippen LogP contribution in [0.4, 0.5) is 0 Å². The van der Waals surface area contributed by atoms with E-state index in [1.54, 1.807) is 4.90 Å². The van der Waals surface area contributed by atoms with Gasteiger partial charge in [-0.3, -0.25) is 4.79 Å². The number of fused-ring (bicyclic) bond motifs is 1. The van der Waals surface area contributed by atoms with E-state index in [0.29, 0.717) is 13.1 Å². The lowest BCUT2D eigenvalue weighted by Crippen LogP contribution is -2.59. The summed E-state index contributed by atoms with van der Waals surface area (Å²) >= 11 is 3.41. The Labute approximate surface area is 119 Å². The van der Waals surface area contributed by atoms with Crippen molar-refractivity contribution in [3.05, 3.63) is 35.9 Å². The van der Waals surface area contributed by atoms with Gasteiger partial charge in [0.25, 0.3) is 11.7 Å². The van der Waals surface area contributed by atoms with Gasteiger partial charge < -0.3 is 19.5 Å². The third-order valence-corrected chi connectivity index (χ3v) is 4.54. The number of ether oxygens (including phenoxy) is 2. The molecule has 2 fully saturated rings. The molecular formula is C13H14BrNO4. The number of halogens is 1. The summed E-state index contributed by atoms with van der Waals surface area (Å²) in [5, 5.41) is 10.4. The zero-order valence-corrected chi connectivity index (χ0v) is 11.8. The Morgan fingerprint density at radius 3 is 2.79 bits per heavy atom. The van der Waals surface area contributed by atoms with Crippen molar-refractivity contribution in [2.24, 2.45) is 0 Å². The van der Waals surface area contributed by atoms with Crippen molar-refractivity contribution in [3.8, 4) is 0 Å². The highest BCUT2D eigenvalue weighted by atomic mass is 79.9. The molecule has 1 N–H and O–H groups in total. The number of hydrogen-bond donors (Lipinski definition) is 1. The molecule has 19 heavy (non-hydrogen) atoms. The largest absolute Gasteiger partial charge is 0.357 e. The molecule has 2 saturated heterocycles. The van der Waals surface area contributed by atoms with E-state index >= 15 is 0 Å². The molecule has 0 radical (unpaired) electrons. The lowest BCUT2D eigenvalue weighted by molar-refractivity contribution is -0.278. The first-order chi connectivity index (χ1) is 9.05. The highest BCUT2D eigenvalue weighted by Crippen LogP contribution is 2.43. The molecule has 0 spiro atoms. The summed E-state index contributed by atoms with van der Waals surface area (Å²) in [5.74, 6) is -2.25. The van der Waals surface area contributed by atoms with E-state index in [0.717, 1.165) is 5.56 Å². The van der Waals surface area contributed by atoms with Crippen molar-refractivity contribution >= 4 is 21.8 Å². The summed E-state index contributed by atoms with van der Waals surface area (Å²) in [5.41, 5.74) is 1.01. The normalized spacial score (nSPS) is 34.4. The van der Waals surface area contributed by atoms with Gasteiger partial charge in [0, 0.05) is 13.1 Å². The molecule has 1 aromatic carbocycles. The number of carbonyl (C=O) groups is 1. The average Bonchev–Trinajstić information content (AvgIpc) is 2.60. The van der Waals surface area contributed by atoms with E-state index < -0.39 is 16.0 Å². The van der Waals surface area contributed by atoms with Crippen LogP contribution in [0.1, 0.15) is 5.56 Å². The molecule has 6 heteroatoms. The summed E-state index contributed by atoms with van der Waals surface area (Å²) in [7, 11) is 0. The van der Waals surface area contributed by atoms with Gasteiger partial charge in [0.15, 0.2) is 6.79 Å². The van der Waals surface area contributed by atoms with Crippen molar-refractivity contribution < 1.29 is 19.4 Å². The van der Waals surface area contributed by atoms with Gasteiger partial charge in [-0.15, -0.1) is 0 Å². The van der Waals surface area contributed by atoms with Crippen LogP contribution in [-0.4, -0.2) is 46.0 Å². The van der Waals surface area contributed by atoms with Crippen LogP contribution in [0.5, 0.6) is 0 Å². The molecule has 0 aliphatic carbocycles. The fraction of sp³-hybridized carbons (Fsp3) is 0.462. The van der Waals surface area contributed by atoms with Crippen LogP contribution in [0, 0.1) is 0 Å². The monoisotopic (exact) mass is 327 g/mol. The van der Waals surface area contributed by atoms with Gasteiger partial charge in [-0.25, -0.2) is 0 Å². The van der Waals surface area contributed by atoms with E-state index in [1.165, 1.54) is 0 Å². The Bertz CT molecular complexity index is 497. The lowest BCUT2D eigenvalue weighted by Gasteiger charge is -2.37. The SMILES string of the molecule is O=C1N(Cc2ccccc2)C[C@@]2(Br)COCO[C@@]12O. The molecule has 5 nitrogen and oxygen atoms in total. The van der Waals surface area contributed by atoms with Crippen LogP contribution in [0.3, 0.4) is 0 Å². The van der Waals surface area contributed by atoms with Crippen LogP contribution >= 0.6 is 15.9 Å². The predicted molar refractivity (Wildman–Crippen MR) is 70.4 cm³/mol. The Hall–Kier alpha value is -0.950. The van der Waals surface area contributed by atoms with Gasteiger partial charge in [0.2, 0.25) is 0 Å².